The summed E-state index contributed by atoms with van der Waals surface area (Å²) in [7, 11) is 0. The monoisotopic (exact) mass is 190 g/mol. The predicted octanol–water partition coefficient (Wildman–Crippen LogP) is 0.708. The molecular weight excluding hydrogens is 180 g/mol. The van der Waals surface area contributed by atoms with Gasteiger partial charge in [-0.2, -0.15) is 0 Å². The van der Waals surface area contributed by atoms with Crippen molar-refractivity contribution in [1.29, 1.82) is 0 Å². The average molecular weight is 190 g/mol. The maximum absolute atomic E-state index is 10.9. The zero-order valence-corrected chi connectivity index (χ0v) is 7.02. The molecule has 0 rings (SSSR count). The number of ether oxygens (including phenoxy) is 1. The summed E-state index contributed by atoms with van der Waals surface area (Å²) < 4.78 is 3.82. The Kier molecular flexibility index (Phi) is 4.50. The Morgan fingerprint density at radius 2 is 1.85 bits per heavy atom. The van der Waals surface area contributed by atoms with E-state index in [1.165, 1.54) is 0 Å². The zero-order valence-electron chi connectivity index (χ0n) is 7.02. The smallest absolute Gasteiger partial charge is 0.481 e. The third-order valence-corrected chi connectivity index (χ3v) is 1.44. The Labute approximate surface area is 74.1 Å². The number of aliphatic carboxylic acids is 1. The summed E-state index contributed by atoms with van der Waals surface area (Å²) >= 11 is 0. The first-order chi connectivity index (χ1) is 5.97. The summed E-state index contributed by atoms with van der Waals surface area (Å²) in [6.45, 7) is 1.58. The van der Waals surface area contributed by atoms with Crippen molar-refractivity contribution in [2.75, 3.05) is 0 Å². The van der Waals surface area contributed by atoms with E-state index in [-0.39, 0.29) is 6.42 Å². The lowest BCUT2D eigenvalue weighted by Gasteiger charge is -2.08. The van der Waals surface area contributed by atoms with Crippen LogP contribution in [0.5, 0.6) is 0 Å². The molecule has 0 aromatic carbocycles. The Hall–Kier alpha value is -1.59. The molecule has 6 heteroatoms. The molecule has 0 aliphatic heterocycles. The Morgan fingerprint density at radius 1 is 1.31 bits per heavy atom. The molecule has 0 aromatic heterocycles. The molecule has 6 nitrogen and oxygen atoms in total. The van der Waals surface area contributed by atoms with Gasteiger partial charge in [0, 0.05) is 0 Å². The number of esters is 1. The minimum atomic E-state index is -1.71. The van der Waals surface area contributed by atoms with Crippen LogP contribution < -0.4 is 0 Å². The van der Waals surface area contributed by atoms with Crippen LogP contribution in [-0.4, -0.2) is 28.3 Å². The molecule has 74 valence electrons. The van der Waals surface area contributed by atoms with Crippen molar-refractivity contribution in [2.45, 2.75) is 19.8 Å². The van der Waals surface area contributed by atoms with E-state index in [0.29, 0.717) is 0 Å². The van der Waals surface area contributed by atoms with Gasteiger partial charge in [0.1, 0.15) is 0 Å². The highest BCUT2D eigenvalue weighted by atomic mass is 16.7. The minimum absolute atomic E-state index is 0.235. The van der Waals surface area contributed by atoms with Gasteiger partial charge in [-0.3, -0.25) is 9.59 Å². The molecule has 0 bridgehead atoms. The molecule has 0 spiro atoms. The topological polar surface area (TPSA) is 101 Å². The van der Waals surface area contributed by atoms with Crippen LogP contribution in [0.2, 0.25) is 0 Å². The van der Waals surface area contributed by atoms with Crippen molar-refractivity contribution >= 4 is 18.1 Å². The van der Waals surface area contributed by atoms with Crippen LogP contribution in [0.3, 0.4) is 0 Å². The first-order valence-corrected chi connectivity index (χ1v) is 3.63. The number of carboxylic acids is 1. The van der Waals surface area contributed by atoms with Crippen LogP contribution >= 0.6 is 0 Å². The van der Waals surface area contributed by atoms with E-state index in [1.807, 2.05) is 0 Å². The maximum atomic E-state index is 10.9. The summed E-state index contributed by atoms with van der Waals surface area (Å²) in [5, 5.41) is 16.4. The second kappa shape index (κ2) is 5.13. The second-order valence-electron chi connectivity index (χ2n) is 2.39. The van der Waals surface area contributed by atoms with Crippen LogP contribution in [0.25, 0.3) is 0 Å². The van der Waals surface area contributed by atoms with Crippen LogP contribution in [-0.2, 0) is 14.3 Å². The highest BCUT2D eigenvalue weighted by Crippen LogP contribution is 2.10. The number of hydrogen-bond donors (Lipinski definition) is 2. The van der Waals surface area contributed by atoms with Crippen LogP contribution in [0.1, 0.15) is 19.8 Å². The van der Waals surface area contributed by atoms with Gasteiger partial charge in [0.05, 0.1) is 12.3 Å². The lowest BCUT2D eigenvalue weighted by atomic mass is 10.0. The van der Waals surface area contributed by atoms with Crippen molar-refractivity contribution in [2.24, 2.45) is 5.92 Å². The van der Waals surface area contributed by atoms with E-state index in [1.54, 1.807) is 6.92 Å². The number of carbonyl (C=O) groups is 3. The van der Waals surface area contributed by atoms with Gasteiger partial charge < -0.3 is 14.9 Å². The van der Waals surface area contributed by atoms with E-state index in [0.717, 1.165) is 0 Å². The lowest BCUT2D eigenvalue weighted by molar-refractivity contribution is -0.149. The van der Waals surface area contributed by atoms with Crippen LogP contribution in [0, 0.1) is 5.92 Å². The lowest BCUT2D eigenvalue weighted by Crippen LogP contribution is -2.22. The molecule has 0 aliphatic rings. The quantitative estimate of drug-likeness (QED) is 0.500. The van der Waals surface area contributed by atoms with Gasteiger partial charge in [-0.05, 0) is 6.42 Å². The molecule has 1 atom stereocenters. The van der Waals surface area contributed by atoms with Gasteiger partial charge in [-0.25, -0.2) is 4.79 Å². The van der Waals surface area contributed by atoms with Gasteiger partial charge in [0.15, 0.2) is 0 Å². The molecule has 2 N–H and O–H groups in total. The standard InChI is InChI=1S/C7H10O6/c1-2-4(3-5(8)9)6(10)13-7(11)12/h4H,2-3H2,1H3,(H,8,9)(H,11,12). The Bertz CT molecular complexity index is 221. The molecule has 1 unspecified atom stereocenters. The molecule has 0 saturated heterocycles. The fourth-order valence-corrected chi connectivity index (χ4v) is 0.775. The fraction of sp³-hybridized carbons (Fsp3) is 0.571. The van der Waals surface area contributed by atoms with E-state index in [9.17, 15) is 14.4 Å². The second-order valence-corrected chi connectivity index (χ2v) is 2.39. The van der Waals surface area contributed by atoms with E-state index in [4.69, 9.17) is 10.2 Å². The number of rotatable bonds is 4. The van der Waals surface area contributed by atoms with Gasteiger partial charge in [-0.15, -0.1) is 0 Å². The van der Waals surface area contributed by atoms with Crippen LogP contribution in [0.15, 0.2) is 0 Å². The predicted molar refractivity (Wildman–Crippen MR) is 40.2 cm³/mol. The fourth-order valence-electron chi connectivity index (χ4n) is 0.775. The summed E-state index contributed by atoms with van der Waals surface area (Å²) in [6.07, 6.45) is -1.89. The third-order valence-electron chi connectivity index (χ3n) is 1.44. The van der Waals surface area contributed by atoms with Crippen LogP contribution in [0.4, 0.5) is 4.79 Å². The SMILES string of the molecule is CCC(CC(=O)O)C(=O)OC(=O)O. The van der Waals surface area contributed by atoms with Gasteiger partial charge >= 0.3 is 18.1 Å². The van der Waals surface area contributed by atoms with E-state index < -0.39 is 30.4 Å². The Morgan fingerprint density at radius 3 is 2.15 bits per heavy atom. The average Bonchev–Trinajstić information content (AvgIpc) is 1.98. The van der Waals surface area contributed by atoms with Crippen molar-refractivity contribution in [3.8, 4) is 0 Å². The molecule has 0 amide bonds. The van der Waals surface area contributed by atoms with Gasteiger partial charge in [0.25, 0.3) is 0 Å². The summed E-state index contributed by atoms with van der Waals surface area (Å²) in [5.41, 5.74) is 0. The third kappa shape index (κ3) is 4.78. The van der Waals surface area contributed by atoms with Crippen molar-refractivity contribution in [3.63, 3.8) is 0 Å². The molecule has 13 heavy (non-hydrogen) atoms. The highest BCUT2D eigenvalue weighted by Gasteiger charge is 2.23. The number of carbonyl (C=O) groups excluding carboxylic acids is 1. The number of hydrogen-bond acceptors (Lipinski definition) is 4. The molecule has 0 heterocycles. The minimum Gasteiger partial charge on any atom is -0.481 e. The van der Waals surface area contributed by atoms with Gasteiger partial charge in [0.2, 0.25) is 0 Å². The zero-order chi connectivity index (χ0) is 10.4. The van der Waals surface area contributed by atoms with Crippen molar-refractivity contribution in [1.82, 2.24) is 0 Å². The number of carboxylic acid groups (broad SMARTS) is 2. The molecule has 0 radical (unpaired) electrons. The molecular formula is C7H10O6. The largest absolute Gasteiger partial charge is 0.513 e. The van der Waals surface area contributed by atoms with E-state index >= 15 is 0 Å². The maximum Gasteiger partial charge on any atom is 0.513 e. The molecule has 0 saturated carbocycles. The first-order valence-electron chi connectivity index (χ1n) is 3.63. The van der Waals surface area contributed by atoms with Crippen molar-refractivity contribution < 1.29 is 29.3 Å². The normalized spacial score (nSPS) is 11.8. The first kappa shape index (κ1) is 11.4. The highest BCUT2D eigenvalue weighted by molar-refractivity contribution is 5.85. The van der Waals surface area contributed by atoms with Crippen molar-refractivity contribution in [3.05, 3.63) is 0 Å². The van der Waals surface area contributed by atoms with E-state index in [2.05, 4.69) is 4.74 Å². The molecule has 0 aromatic rings. The Balaban J connectivity index is 4.15. The molecule has 0 aliphatic carbocycles. The summed E-state index contributed by atoms with van der Waals surface area (Å²) in [6, 6.07) is 0. The molecule has 0 fully saturated rings. The summed E-state index contributed by atoms with van der Waals surface area (Å²) in [4.78, 5) is 31.0. The van der Waals surface area contributed by atoms with Gasteiger partial charge in [-0.1, -0.05) is 6.92 Å². The summed E-state index contributed by atoms with van der Waals surface area (Å²) in [5.74, 6) is -3.07.